The van der Waals surface area contributed by atoms with Crippen LogP contribution >= 0.6 is 0 Å². The predicted molar refractivity (Wildman–Crippen MR) is 73.0 cm³/mol. The number of nitriles is 1. The van der Waals surface area contributed by atoms with Crippen LogP contribution in [0.1, 0.15) is 24.0 Å². The third-order valence-corrected chi connectivity index (χ3v) is 3.74. The van der Waals surface area contributed by atoms with Gasteiger partial charge in [0.05, 0.1) is 17.2 Å². The van der Waals surface area contributed by atoms with Crippen LogP contribution in [0.15, 0.2) is 18.2 Å². The number of halogens is 3. The first-order valence-electron chi connectivity index (χ1n) is 6.82. The van der Waals surface area contributed by atoms with Gasteiger partial charge >= 0.3 is 6.18 Å². The van der Waals surface area contributed by atoms with Gasteiger partial charge in [-0.15, -0.1) is 0 Å². The maximum absolute atomic E-state index is 13.0. The average molecular weight is 298 g/mol. The summed E-state index contributed by atoms with van der Waals surface area (Å²) in [6, 6.07) is 5.45. The SMILES string of the molecule is CN(CC1CCOCC1)c1ccc(C#N)c(C(F)(F)F)c1. The Morgan fingerprint density at radius 3 is 2.57 bits per heavy atom. The van der Waals surface area contributed by atoms with E-state index in [0.29, 0.717) is 31.4 Å². The van der Waals surface area contributed by atoms with Crippen LogP contribution in [0.3, 0.4) is 0 Å². The second kappa shape index (κ2) is 6.35. The lowest BCUT2D eigenvalue weighted by Gasteiger charge is -2.29. The summed E-state index contributed by atoms with van der Waals surface area (Å²) in [4.78, 5) is 1.81. The molecule has 1 fully saturated rings. The van der Waals surface area contributed by atoms with Crippen LogP contribution in [-0.2, 0) is 10.9 Å². The molecule has 0 atom stereocenters. The van der Waals surface area contributed by atoms with Crippen molar-refractivity contribution in [2.45, 2.75) is 19.0 Å². The van der Waals surface area contributed by atoms with Gasteiger partial charge in [0.1, 0.15) is 0 Å². The number of ether oxygens (including phenoxy) is 1. The molecule has 1 heterocycles. The Labute approximate surface area is 121 Å². The van der Waals surface area contributed by atoms with E-state index < -0.39 is 11.7 Å². The maximum atomic E-state index is 13.0. The molecule has 0 N–H and O–H groups in total. The van der Waals surface area contributed by atoms with Crippen molar-refractivity contribution in [3.63, 3.8) is 0 Å². The second-order valence-corrected chi connectivity index (χ2v) is 5.28. The Hall–Kier alpha value is -1.74. The summed E-state index contributed by atoms with van der Waals surface area (Å²) >= 11 is 0. The van der Waals surface area contributed by atoms with Crippen LogP contribution in [0.25, 0.3) is 0 Å². The summed E-state index contributed by atoms with van der Waals surface area (Å²) in [5.41, 5.74) is -0.736. The van der Waals surface area contributed by atoms with Crippen molar-refractivity contribution in [1.82, 2.24) is 0 Å². The molecule has 0 spiro atoms. The van der Waals surface area contributed by atoms with E-state index in [2.05, 4.69) is 0 Å². The molecule has 1 aliphatic rings. The summed E-state index contributed by atoms with van der Waals surface area (Å²) in [5, 5.41) is 8.79. The molecule has 1 saturated heterocycles. The zero-order valence-electron chi connectivity index (χ0n) is 11.8. The van der Waals surface area contributed by atoms with E-state index in [0.717, 1.165) is 18.9 Å². The standard InChI is InChI=1S/C15H17F3N2O/c1-20(10-11-4-6-21-7-5-11)13-3-2-12(9-19)14(8-13)15(16,17)18/h2-3,8,11H,4-7,10H2,1H3. The minimum atomic E-state index is -4.51. The minimum absolute atomic E-state index is 0.342. The molecule has 1 aromatic carbocycles. The Morgan fingerprint density at radius 2 is 2.00 bits per heavy atom. The summed E-state index contributed by atoms with van der Waals surface area (Å²) in [6.45, 7) is 2.10. The highest BCUT2D eigenvalue weighted by atomic mass is 19.4. The molecule has 114 valence electrons. The summed E-state index contributed by atoms with van der Waals surface area (Å²) in [6.07, 6.45) is -2.67. The van der Waals surface area contributed by atoms with Gasteiger partial charge in [-0.3, -0.25) is 0 Å². The molecule has 0 aromatic heterocycles. The lowest BCUT2D eigenvalue weighted by molar-refractivity contribution is -0.137. The van der Waals surface area contributed by atoms with Crippen LogP contribution in [-0.4, -0.2) is 26.8 Å². The number of hydrogen-bond donors (Lipinski definition) is 0. The fourth-order valence-electron chi connectivity index (χ4n) is 2.52. The normalized spacial score (nSPS) is 16.5. The average Bonchev–Trinajstić information content (AvgIpc) is 2.46. The number of alkyl halides is 3. The van der Waals surface area contributed by atoms with Crippen LogP contribution in [0.2, 0.25) is 0 Å². The molecule has 0 saturated carbocycles. The van der Waals surface area contributed by atoms with Gasteiger partial charge in [0.25, 0.3) is 0 Å². The molecule has 21 heavy (non-hydrogen) atoms. The van der Waals surface area contributed by atoms with E-state index in [-0.39, 0.29) is 5.56 Å². The van der Waals surface area contributed by atoms with E-state index in [1.54, 1.807) is 19.2 Å². The number of anilines is 1. The van der Waals surface area contributed by atoms with Crippen LogP contribution in [0.4, 0.5) is 18.9 Å². The number of nitrogens with zero attached hydrogens (tertiary/aromatic N) is 2. The van der Waals surface area contributed by atoms with E-state index in [9.17, 15) is 13.2 Å². The Balaban J connectivity index is 2.17. The number of hydrogen-bond acceptors (Lipinski definition) is 3. The molecule has 0 radical (unpaired) electrons. The van der Waals surface area contributed by atoms with Crippen LogP contribution < -0.4 is 4.90 Å². The van der Waals surface area contributed by atoms with Crippen LogP contribution in [0, 0.1) is 17.2 Å². The van der Waals surface area contributed by atoms with Crippen molar-refractivity contribution < 1.29 is 17.9 Å². The van der Waals surface area contributed by atoms with E-state index in [4.69, 9.17) is 10.00 Å². The van der Waals surface area contributed by atoms with Crippen molar-refractivity contribution in [1.29, 1.82) is 5.26 Å². The lowest BCUT2D eigenvalue weighted by Crippen LogP contribution is -2.29. The molecule has 1 aromatic rings. The highest BCUT2D eigenvalue weighted by molar-refractivity contribution is 5.54. The van der Waals surface area contributed by atoms with Gasteiger partial charge in [0, 0.05) is 32.5 Å². The molecule has 3 nitrogen and oxygen atoms in total. The van der Waals surface area contributed by atoms with E-state index >= 15 is 0 Å². The number of benzene rings is 1. The fourth-order valence-corrected chi connectivity index (χ4v) is 2.52. The first-order chi connectivity index (χ1) is 9.91. The predicted octanol–water partition coefficient (Wildman–Crippen LogP) is 3.44. The maximum Gasteiger partial charge on any atom is 0.417 e. The topological polar surface area (TPSA) is 36.3 Å². The Morgan fingerprint density at radius 1 is 1.33 bits per heavy atom. The summed E-state index contributed by atoms with van der Waals surface area (Å²) < 4.78 is 44.1. The quantitative estimate of drug-likeness (QED) is 0.857. The lowest BCUT2D eigenvalue weighted by atomic mass is 9.99. The van der Waals surface area contributed by atoms with Gasteiger partial charge in [-0.05, 0) is 37.0 Å². The highest BCUT2D eigenvalue weighted by Crippen LogP contribution is 2.34. The van der Waals surface area contributed by atoms with Crippen LogP contribution in [0.5, 0.6) is 0 Å². The van der Waals surface area contributed by atoms with Crippen molar-refractivity contribution >= 4 is 5.69 Å². The first-order valence-corrected chi connectivity index (χ1v) is 6.82. The molecule has 0 bridgehead atoms. The molecule has 1 aliphatic heterocycles. The molecule has 0 aliphatic carbocycles. The second-order valence-electron chi connectivity index (χ2n) is 5.28. The van der Waals surface area contributed by atoms with Gasteiger partial charge in [0.15, 0.2) is 0 Å². The van der Waals surface area contributed by atoms with Gasteiger partial charge < -0.3 is 9.64 Å². The van der Waals surface area contributed by atoms with Crippen molar-refractivity contribution in [2.75, 3.05) is 31.7 Å². The van der Waals surface area contributed by atoms with Crippen molar-refractivity contribution in [3.8, 4) is 6.07 Å². The third-order valence-electron chi connectivity index (χ3n) is 3.74. The monoisotopic (exact) mass is 298 g/mol. The molecule has 0 amide bonds. The highest BCUT2D eigenvalue weighted by Gasteiger charge is 2.34. The van der Waals surface area contributed by atoms with E-state index in [1.165, 1.54) is 6.07 Å². The largest absolute Gasteiger partial charge is 0.417 e. The Bertz CT molecular complexity index is 531. The Kier molecular flexibility index (Phi) is 4.73. The molecular weight excluding hydrogens is 281 g/mol. The van der Waals surface area contributed by atoms with Gasteiger partial charge in [-0.1, -0.05) is 0 Å². The van der Waals surface area contributed by atoms with Gasteiger partial charge in [-0.2, -0.15) is 18.4 Å². The fraction of sp³-hybridized carbons (Fsp3) is 0.533. The van der Waals surface area contributed by atoms with E-state index in [1.807, 2.05) is 4.90 Å². The third kappa shape index (κ3) is 3.88. The molecular formula is C15H17F3N2O. The van der Waals surface area contributed by atoms with Crippen molar-refractivity contribution in [2.24, 2.45) is 5.92 Å². The first kappa shape index (κ1) is 15.6. The summed E-state index contributed by atoms with van der Waals surface area (Å²) in [7, 11) is 1.77. The van der Waals surface area contributed by atoms with Gasteiger partial charge in [-0.25, -0.2) is 0 Å². The number of rotatable bonds is 3. The van der Waals surface area contributed by atoms with Crippen molar-refractivity contribution in [3.05, 3.63) is 29.3 Å². The smallest absolute Gasteiger partial charge is 0.381 e. The summed E-state index contributed by atoms with van der Waals surface area (Å²) in [5.74, 6) is 0.425. The molecule has 2 rings (SSSR count). The molecule has 0 unspecified atom stereocenters. The zero-order chi connectivity index (χ0) is 15.5. The minimum Gasteiger partial charge on any atom is -0.381 e. The zero-order valence-corrected chi connectivity index (χ0v) is 11.8. The molecule has 6 heteroatoms. The van der Waals surface area contributed by atoms with Gasteiger partial charge in [0.2, 0.25) is 0 Å².